The van der Waals surface area contributed by atoms with E-state index >= 15 is 0 Å². The molecule has 9 heteroatoms. The zero-order valence-corrected chi connectivity index (χ0v) is 25.2. The molecule has 2 aromatic heterocycles. The number of hydrogen-bond donors (Lipinski definition) is 3. The molecule has 0 amide bonds. The Labute approximate surface area is 250 Å². The minimum absolute atomic E-state index is 0.0181. The molecule has 2 fully saturated rings. The van der Waals surface area contributed by atoms with Gasteiger partial charge in [-0.25, -0.2) is 14.8 Å². The van der Waals surface area contributed by atoms with Crippen LogP contribution in [0.2, 0.25) is 0 Å². The predicted octanol–water partition coefficient (Wildman–Crippen LogP) is 4.61. The molecule has 4 heterocycles. The third-order valence-corrected chi connectivity index (χ3v) is 8.86. The molecular weight excluding hydrogens is 526 g/mol. The Hall–Kier alpha value is -3.27. The number of likely N-dealkylation sites (tertiary alicyclic amines) is 2. The minimum atomic E-state index is -0.949. The van der Waals surface area contributed by atoms with Crippen LogP contribution in [-0.4, -0.2) is 79.7 Å². The number of aliphatic carboxylic acids is 1. The van der Waals surface area contributed by atoms with Crippen LogP contribution in [0.3, 0.4) is 0 Å². The van der Waals surface area contributed by atoms with Crippen LogP contribution in [0, 0.1) is 11.3 Å². The first kappa shape index (κ1) is 30.2. The summed E-state index contributed by atoms with van der Waals surface area (Å²) in [6.07, 6.45) is 16.3. The van der Waals surface area contributed by atoms with Crippen LogP contribution >= 0.6 is 0 Å². The molecule has 226 valence electrons. The maximum Gasteiger partial charge on any atom is 0.328 e. The quantitative estimate of drug-likeness (QED) is 0.242. The van der Waals surface area contributed by atoms with E-state index in [1.54, 1.807) is 12.3 Å². The molecule has 0 aliphatic carbocycles. The van der Waals surface area contributed by atoms with Crippen LogP contribution in [0.15, 0.2) is 55.1 Å². The van der Waals surface area contributed by atoms with Gasteiger partial charge in [0.25, 0.3) is 0 Å². The zero-order valence-electron chi connectivity index (χ0n) is 25.2. The highest BCUT2D eigenvalue weighted by Gasteiger charge is 2.40. The fourth-order valence-corrected chi connectivity index (χ4v) is 6.71. The van der Waals surface area contributed by atoms with Gasteiger partial charge >= 0.3 is 5.97 Å². The maximum atomic E-state index is 10.9. The van der Waals surface area contributed by atoms with Crippen molar-refractivity contribution in [3.63, 3.8) is 0 Å². The van der Waals surface area contributed by atoms with Gasteiger partial charge in [-0.05, 0) is 80.4 Å². The van der Waals surface area contributed by atoms with E-state index in [-0.39, 0.29) is 6.04 Å². The smallest absolute Gasteiger partial charge is 0.328 e. The summed E-state index contributed by atoms with van der Waals surface area (Å²) in [5, 5.41) is 12.7. The average Bonchev–Trinajstić information content (AvgIpc) is 3.74. The summed E-state index contributed by atoms with van der Waals surface area (Å²) in [5.74, 6) is 1.74. The van der Waals surface area contributed by atoms with Gasteiger partial charge < -0.3 is 29.8 Å². The normalized spacial score (nSPS) is 18.5. The molecule has 42 heavy (non-hydrogen) atoms. The maximum absolute atomic E-state index is 10.9. The Balaban J connectivity index is 1.16. The Morgan fingerprint density at radius 1 is 1.12 bits per heavy atom. The number of H-pyrrole nitrogens is 1. The summed E-state index contributed by atoms with van der Waals surface area (Å²) in [6.45, 7) is 13.6. The summed E-state index contributed by atoms with van der Waals surface area (Å²) in [7, 11) is 0. The van der Waals surface area contributed by atoms with Crippen molar-refractivity contribution in [2.24, 2.45) is 11.3 Å². The van der Waals surface area contributed by atoms with Gasteiger partial charge in [-0.15, -0.1) is 0 Å². The lowest BCUT2D eigenvalue weighted by atomic mass is 9.77. The van der Waals surface area contributed by atoms with Crippen molar-refractivity contribution in [2.45, 2.75) is 65.1 Å². The molecule has 9 nitrogen and oxygen atoms in total. The fraction of sp³-hybridized carbons (Fsp3) is 0.545. The van der Waals surface area contributed by atoms with Gasteiger partial charge in [0.15, 0.2) is 0 Å². The molecule has 2 aliphatic rings. The van der Waals surface area contributed by atoms with E-state index < -0.39 is 5.97 Å². The van der Waals surface area contributed by atoms with Gasteiger partial charge in [-0.1, -0.05) is 38.1 Å². The number of aromatic nitrogens is 4. The number of hydrogen-bond acceptors (Lipinski definition) is 6. The van der Waals surface area contributed by atoms with E-state index in [0.29, 0.717) is 18.4 Å². The predicted molar refractivity (Wildman–Crippen MR) is 166 cm³/mol. The summed E-state index contributed by atoms with van der Waals surface area (Å²) >= 11 is 0. The van der Waals surface area contributed by atoms with Gasteiger partial charge in [0.1, 0.15) is 11.6 Å². The second kappa shape index (κ2) is 14.3. The molecule has 3 aromatic rings. The number of aromatic amines is 1. The lowest BCUT2D eigenvalue weighted by Gasteiger charge is -2.40. The van der Waals surface area contributed by atoms with E-state index in [0.717, 1.165) is 48.2 Å². The van der Waals surface area contributed by atoms with E-state index in [1.807, 2.05) is 30.6 Å². The molecule has 5 rings (SSSR count). The monoisotopic (exact) mass is 573 g/mol. The number of nitrogens with one attached hydrogen (secondary N) is 2. The number of imidazole rings is 2. The number of aryl methyl sites for hydroxylation is 1. The Kier molecular flexibility index (Phi) is 10.3. The average molecular weight is 574 g/mol. The molecule has 2 saturated heterocycles. The SMILES string of the molecule is CC(C)CN1CCC2(CC1)CCN(CCCn1ccnc1C(Cc1ncc[nH]1)NCc1cccc(/C=C/C(=O)O)c1)C2. The molecule has 1 aromatic carbocycles. The van der Waals surface area contributed by atoms with E-state index in [1.165, 1.54) is 58.1 Å². The zero-order chi connectivity index (χ0) is 29.4. The van der Waals surface area contributed by atoms with Crippen molar-refractivity contribution in [1.29, 1.82) is 0 Å². The number of carbonyl (C=O) groups is 1. The van der Waals surface area contributed by atoms with Crippen molar-refractivity contribution in [1.82, 2.24) is 34.6 Å². The van der Waals surface area contributed by atoms with Crippen LogP contribution in [0.5, 0.6) is 0 Å². The summed E-state index contributed by atoms with van der Waals surface area (Å²) < 4.78 is 2.29. The van der Waals surface area contributed by atoms with Gasteiger partial charge in [0.05, 0.1) is 6.04 Å². The summed E-state index contributed by atoms with van der Waals surface area (Å²) in [6, 6.07) is 7.92. The van der Waals surface area contributed by atoms with E-state index in [4.69, 9.17) is 10.1 Å². The summed E-state index contributed by atoms with van der Waals surface area (Å²) in [4.78, 5) is 28.8. The molecule has 1 unspecified atom stereocenters. The van der Waals surface area contributed by atoms with Gasteiger partial charge in [-0.3, -0.25) is 0 Å². The van der Waals surface area contributed by atoms with Gasteiger partial charge in [-0.2, -0.15) is 0 Å². The van der Waals surface area contributed by atoms with E-state index in [2.05, 4.69) is 55.8 Å². The minimum Gasteiger partial charge on any atom is -0.478 e. The molecule has 0 saturated carbocycles. The van der Waals surface area contributed by atoms with Crippen LogP contribution < -0.4 is 5.32 Å². The van der Waals surface area contributed by atoms with Crippen LogP contribution in [-0.2, 0) is 24.3 Å². The Morgan fingerprint density at radius 3 is 2.67 bits per heavy atom. The highest BCUT2D eigenvalue weighted by molar-refractivity contribution is 5.85. The number of benzene rings is 1. The van der Waals surface area contributed by atoms with Crippen molar-refractivity contribution < 1.29 is 9.90 Å². The third-order valence-electron chi connectivity index (χ3n) is 8.86. The topological polar surface area (TPSA) is 102 Å². The number of carboxylic acids is 1. The molecule has 0 radical (unpaired) electrons. The molecule has 3 N–H and O–H groups in total. The summed E-state index contributed by atoms with van der Waals surface area (Å²) in [5.41, 5.74) is 2.49. The first-order valence-electron chi connectivity index (χ1n) is 15.5. The fourth-order valence-electron chi connectivity index (χ4n) is 6.71. The second-order valence-electron chi connectivity index (χ2n) is 12.6. The molecule has 2 aliphatic heterocycles. The highest BCUT2D eigenvalue weighted by Crippen LogP contribution is 2.40. The Morgan fingerprint density at radius 2 is 1.93 bits per heavy atom. The Bertz CT molecular complexity index is 1290. The number of rotatable bonds is 14. The first-order chi connectivity index (χ1) is 20.4. The molecule has 1 spiro atoms. The lowest BCUT2D eigenvalue weighted by Crippen LogP contribution is -2.42. The largest absolute Gasteiger partial charge is 0.478 e. The highest BCUT2D eigenvalue weighted by atomic mass is 16.4. The third kappa shape index (κ3) is 8.40. The number of nitrogens with zero attached hydrogens (tertiary/aromatic N) is 5. The van der Waals surface area contributed by atoms with Crippen molar-refractivity contribution in [3.8, 4) is 0 Å². The first-order valence-corrected chi connectivity index (χ1v) is 15.5. The second-order valence-corrected chi connectivity index (χ2v) is 12.6. The van der Waals surface area contributed by atoms with Crippen molar-refractivity contribution >= 4 is 12.0 Å². The molecule has 0 bridgehead atoms. The van der Waals surface area contributed by atoms with Crippen LogP contribution in [0.25, 0.3) is 6.08 Å². The van der Waals surface area contributed by atoms with Crippen LogP contribution in [0.1, 0.15) is 68.3 Å². The molecule has 1 atom stereocenters. The molecular formula is C33H47N7O2. The lowest BCUT2D eigenvalue weighted by molar-refractivity contribution is -0.131. The number of piperidine rings is 1. The van der Waals surface area contributed by atoms with Gasteiger partial charge in [0.2, 0.25) is 0 Å². The van der Waals surface area contributed by atoms with Crippen LogP contribution in [0.4, 0.5) is 0 Å². The van der Waals surface area contributed by atoms with Crippen molar-refractivity contribution in [3.05, 3.63) is 77.9 Å². The standard InChI is InChI=1S/C33H47N7O2/c1-26(2)24-38-17-9-33(10-18-38)11-19-39(25-33)15-4-16-40-20-14-36-32(40)29(22-30-34-12-13-35-30)37-23-28-6-3-5-27(21-28)7-8-31(41)42/h3,5-8,12-14,20-21,26,29,37H,4,9-11,15-19,22-25H2,1-2H3,(H,34,35)(H,41,42)/b8-7+. The van der Waals surface area contributed by atoms with E-state index in [9.17, 15) is 4.79 Å². The number of carboxylic acid groups (broad SMARTS) is 1. The van der Waals surface area contributed by atoms with Crippen molar-refractivity contribution in [2.75, 3.05) is 39.3 Å². The van der Waals surface area contributed by atoms with Gasteiger partial charge in [0, 0.05) is 63.5 Å².